The lowest BCUT2D eigenvalue weighted by molar-refractivity contribution is -0.904. The van der Waals surface area contributed by atoms with Crippen molar-refractivity contribution in [1.82, 2.24) is 0 Å². The van der Waals surface area contributed by atoms with Gasteiger partial charge in [-0.05, 0) is 25.7 Å². The summed E-state index contributed by atoms with van der Waals surface area (Å²) in [4.78, 5) is 1.61. The van der Waals surface area contributed by atoms with Crippen LogP contribution in [0.1, 0.15) is 181 Å². The highest BCUT2D eigenvalue weighted by atomic mass is 16.3. The fourth-order valence-corrected chi connectivity index (χ4v) is 5.92. The monoisotopic (exact) mass is 557 g/mol. The van der Waals surface area contributed by atoms with Crippen LogP contribution in [0, 0.1) is 0 Å². The summed E-state index contributed by atoms with van der Waals surface area (Å²) in [7, 11) is 0. The smallest absolute Gasteiger partial charge is 0.151 e. The van der Waals surface area contributed by atoms with Crippen molar-refractivity contribution in [2.75, 3.05) is 39.3 Å². The third-order valence-corrected chi connectivity index (χ3v) is 8.69. The summed E-state index contributed by atoms with van der Waals surface area (Å²) in [5, 5.41) is 12.7. The molecule has 0 aliphatic rings. The molecule has 0 fully saturated rings. The van der Waals surface area contributed by atoms with Crippen molar-refractivity contribution in [1.29, 1.82) is 0 Å². The molecule has 0 aromatic rings. The lowest BCUT2D eigenvalue weighted by Gasteiger charge is -2.21. The Kier molecular flexibility index (Phi) is 33.9. The Balaban J connectivity index is 3.56. The van der Waals surface area contributed by atoms with E-state index in [9.17, 15) is 5.11 Å². The minimum atomic E-state index is -0.227. The molecule has 4 heteroatoms. The Labute approximate surface area is 247 Å². The average molecular weight is 557 g/mol. The number of quaternary nitrogens is 3. The van der Waals surface area contributed by atoms with E-state index in [0.717, 1.165) is 6.54 Å². The molecule has 0 saturated carbocycles. The highest BCUT2D eigenvalue weighted by molar-refractivity contribution is 4.51. The Morgan fingerprint density at radius 2 is 0.795 bits per heavy atom. The minimum Gasteiger partial charge on any atom is -0.382 e. The molecule has 0 aromatic heterocycles. The molecule has 0 spiro atoms. The first-order chi connectivity index (χ1) is 19.2. The number of hydrogen-bond acceptors (Lipinski definition) is 1. The van der Waals surface area contributed by atoms with Crippen molar-refractivity contribution >= 4 is 0 Å². The van der Waals surface area contributed by atoms with Crippen LogP contribution >= 0.6 is 0 Å². The zero-order chi connectivity index (χ0) is 28.5. The lowest BCUT2D eigenvalue weighted by atomic mass is 10.1. The Morgan fingerprint density at radius 1 is 0.487 bits per heavy atom. The van der Waals surface area contributed by atoms with Gasteiger partial charge in [0.05, 0.1) is 26.2 Å². The molecule has 0 heterocycles. The number of aliphatic hydroxyl groups excluding tert-OH is 1. The van der Waals surface area contributed by atoms with Crippen LogP contribution in [-0.4, -0.2) is 50.5 Å². The number of aliphatic hydroxyl groups is 1. The standard InChI is InChI=1S/C35H75N3O/c1-3-5-7-9-11-13-15-17-19-21-23-25-29-37-30-26-28-32-38(34-35(39)33-36)31-27-24-22-20-18-16-14-12-10-8-6-4-2/h35,37,39H,3-34,36H2,1-2H3/p+3. The molecule has 0 radical (unpaired) electrons. The van der Waals surface area contributed by atoms with Gasteiger partial charge in [-0.2, -0.15) is 0 Å². The van der Waals surface area contributed by atoms with Crippen molar-refractivity contribution in [2.24, 2.45) is 0 Å². The van der Waals surface area contributed by atoms with E-state index in [-0.39, 0.29) is 6.10 Å². The number of unbranched alkanes of at least 4 members (excludes halogenated alkanes) is 23. The molecule has 2 atom stereocenters. The van der Waals surface area contributed by atoms with E-state index in [1.807, 2.05) is 0 Å². The van der Waals surface area contributed by atoms with Gasteiger partial charge in [-0.1, -0.05) is 142 Å². The molecule has 39 heavy (non-hydrogen) atoms. The molecule has 0 aromatic carbocycles. The van der Waals surface area contributed by atoms with Gasteiger partial charge >= 0.3 is 0 Å². The molecule has 0 bridgehead atoms. The minimum absolute atomic E-state index is 0.227. The van der Waals surface area contributed by atoms with Crippen LogP contribution in [0.15, 0.2) is 0 Å². The quantitative estimate of drug-likeness (QED) is 0.0698. The molecule has 0 rings (SSSR count). The van der Waals surface area contributed by atoms with Gasteiger partial charge in [0, 0.05) is 12.8 Å². The maximum absolute atomic E-state index is 10.2. The summed E-state index contributed by atoms with van der Waals surface area (Å²) < 4.78 is 0. The predicted molar refractivity (Wildman–Crippen MR) is 172 cm³/mol. The highest BCUT2D eigenvalue weighted by Crippen LogP contribution is 2.12. The summed E-state index contributed by atoms with van der Waals surface area (Å²) in [5.74, 6) is 0. The second kappa shape index (κ2) is 34.0. The van der Waals surface area contributed by atoms with Gasteiger partial charge in [0.25, 0.3) is 0 Å². The van der Waals surface area contributed by atoms with Crippen molar-refractivity contribution in [3.05, 3.63) is 0 Å². The zero-order valence-electron chi connectivity index (χ0n) is 27.4. The largest absolute Gasteiger partial charge is 0.382 e. The summed E-state index contributed by atoms with van der Waals surface area (Å²) in [5.41, 5.74) is 3.92. The molecule has 4 nitrogen and oxygen atoms in total. The van der Waals surface area contributed by atoms with Gasteiger partial charge in [0.2, 0.25) is 0 Å². The summed E-state index contributed by atoms with van der Waals surface area (Å²) in [6.45, 7) is 11.2. The Morgan fingerprint density at radius 3 is 1.18 bits per heavy atom. The second-order valence-electron chi connectivity index (χ2n) is 12.7. The fraction of sp³-hybridized carbons (Fsp3) is 1.00. The maximum atomic E-state index is 10.2. The molecule has 0 aliphatic carbocycles. The van der Waals surface area contributed by atoms with Gasteiger partial charge in [0.1, 0.15) is 13.1 Å². The molecule has 0 aliphatic heterocycles. The van der Waals surface area contributed by atoms with Crippen molar-refractivity contribution < 1.29 is 21.1 Å². The van der Waals surface area contributed by atoms with Crippen LogP contribution in [0.4, 0.5) is 0 Å². The summed E-state index contributed by atoms with van der Waals surface area (Å²) in [6, 6.07) is 0. The third kappa shape index (κ3) is 32.2. The highest BCUT2D eigenvalue weighted by Gasteiger charge is 2.14. The summed E-state index contributed by atoms with van der Waals surface area (Å²) >= 11 is 0. The van der Waals surface area contributed by atoms with Crippen molar-refractivity contribution in [3.63, 3.8) is 0 Å². The Bertz CT molecular complexity index is 434. The van der Waals surface area contributed by atoms with Crippen LogP contribution in [0.5, 0.6) is 0 Å². The second-order valence-corrected chi connectivity index (χ2v) is 12.7. The topological polar surface area (TPSA) is 68.9 Å². The third-order valence-electron chi connectivity index (χ3n) is 8.69. The molecular weight excluding hydrogens is 478 g/mol. The van der Waals surface area contributed by atoms with Gasteiger partial charge in [-0.25, -0.2) is 0 Å². The first kappa shape index (κ1) is 38.8. The van der Waals surface area contributed by atoms with E-state index in [4.69, 9.17) is 0 Å². The molecule has 2 unspecified atom stereocenters. The van der Waals surface area contributed by atoms with Crippen LogP contribution in [0.25, 0.3) is 0 Å². The van der Waals surface area contributed by atoms with E-state index >= 15 is 0 Å². The van der Waals surface area contributed by atoms with E-state index < -0.39 is 0 Å². The van der Waals surface area contributed by atoms with Gasteiger partial charge in [-0.3, -0.25) is 0 Å². The van der Waals surface area contributed by atoms with Crippen LogP contribution < -0.4 is 16.0 Å². The van der Waals surface area contributed by atoms with E-state index in [1.165, 1.54) is 193 Å². The summed E-state index contributed by atoms with van der Waals surface area (Å²) in [6.07, 6.45) is 36.6. The Hall–Kier alpha value is -0.160. The number of hydrogen-bond donors (Lipinski definition) is 4. The zero-order valence-corrected chi connectivity index (χ0v) is 27.4. The molecular formula is C35H78N3O+3. The van der Waals surface area contributed by atoms with Crippen molar-refractivity contribution in [2.45, 2.75) is 187 Å². The van der Waals surface area contributed by atoms with Crippen LogP contribution in [0.2, 0.25) is 0 Å². The SMILES string of the molecule is CCCCCCCCCCCCCC[NH2+]CCCC[NH+](CCCCCCCCCCCCCC)CC(O)C[NH3+]. The fourth-order valence-electron chi connectivity index (χ4n) is 5.92. The molecule has 0 saturated heterocycles. The number of nitrogens with one attached hydrogen (secondary N) is 1. The first-order valence-corrected chi connectivity index (χ1v) is 18.4. The van der Waals surface area contributed by atoms with Gasteiger partial charge < -0.3 is 21.1 Å². The average Bonchev–Trinajstić information content (AvgIpc) is 2.94. The van der Waals surface area contributed by atoms with Crippen molar-refractivity contribution in [3.8, 4) is 0 Å². The normalized spacial score (nSPS) is 13.2. The molecule has 236 valence electrons. The van der Waals surface area contributed by atoms with Gasteiger partial charge in [-0.15, -0.1) is 0 Å². The number of nitrogens with two attached hydrogens (primary N) is 1. The lowest BCUT2D eigenvalue weighted by Crippen LogP contribution is -3.13. The van der Waals surface area contributed by atoms with Gasteiger partial charge in [0.15, 0.2) is 6.10 Å². The molecule has 0 amide bonds. The number of rotatable bonds is 34. The molecule has 7 N–H and O–H groups in total. The predicted octanol–water partition coefficient (Wildman–Crippen LogP) is 6.22. The maximum Gasteiger partial charge on any atom is 0.151 e. The van der Waals surface area contributed by atoms with E-state index in [0.29, 0.717) is 6.54 Å². The van der Waals surface area contributed by atoms with Crippen LogP contribution in [-0.2, 0) is 0 Å². The van der Waals surface area contributed by atoms with E-state index in [2.05, 4.69) is 24.9 Å². The van der Waals surface area contributed by atoms with E-state index in [1.54, 1.807) is 4.90 Å². The van der Waals surface area contributed by atoms with Crippen LogP contribution in [0.3, 0.4) is 0 Å². The first-order valence-electron chi connectivity index (χ1n) is 18.4.